The molecule has 1 aromatic carbocycles. The van der Waals surface area contributed by atoms with Gasteiger partial charge >= 0.3 is 0 Å². The number of nitrogens with zero attached hydrogens (tertiary/aromatic N) is 2. The molecule has 0 atom stereocenters. The van der Waals surface area contributed by atoms with E-state index >= 15 is 0 Å². The Morgan fingerprint density at radius 2 is 2.13 bits per heavy atom. The minimum Gasteiger partial charge on any atom is -0.494 e. The number of nitrogens with one attached hydrogen (secondary N) is 1. The molecule has 1 heterocycles. The van der Waals surface area contributed by atoms with Crippen molar-refractivity contribution in [3.05, 3.63) is 40.9 Å². The second-order valence-corrected chi connectivity index (χ2v) is 6.47. The summed E-state index contributed by atoms with van der Waals surface area (Å²) in [5, 5.41) is 12.4. The number of rotatable bonds is 7. The predicted molar refractivity (Wildman–Crippen MR) is 91.8 cm³/mol. The van der Waals surface area contributed by atoms with E-state index in [1.54, 1.807) is 6.08 Å². The van der Waals surface area contributed by atoms with Crippen molar-refractivity contribution in [3.63, 3.8) is 0 Å². The van der Waals surface area contributed by atoms with Crippen LogP contribution in [0.15, 0.2) is 30.3 Å². The van der Waals surface area contributed by atoms with Crippen LogP contribution in [-0.4, -0.2) is 22.7 Å². The van der Waals surface area contributed by atoms with E-state index in [-0.39, 0.29) is 5.91 Å². The molecule has 1 amide bonds. The zero-order valence-electron chi connectivity index (χ0n) is 13.0. The number of hydrogen-bond acceptors (Lipinski definition) is 5. The first kappa shape index (κ1) is 15.7. The summed E-state index contributed by atoms with van der Waals surface area (Å²) in [6, 6.07) is 7.65. The smallest absolute Gasteiger partial charge is 0.250 e. The zero-order chi connectivity index (χ0) is 16.1. The summed E-state index contributed by atoms with van der Waals surface area (Å²) in [7, 11) is 0. The molecule has 1 aliphatic rings. The average molecular weight is 329 g/mol. The van der Waals surface area contributed by atoms with E-state index in [9.17, 15) is 4.79 Å². The van der Waals surface area contributed by atoms with E-state index in [0.29, 0.717) is 17.7 Å². The van der Waals surface area contributed by atoms with Crippen LogP contribution in [0.25, 0.3) is 6.08 Å². The molecule has 5 nitrogen and oxygen atoms in total. The highest BCUT2D eigenvalue weighted by Crippen LogP contribution is 2.42. The van der Waals surface area contributed by atoms with Crippen molar-refractivity contribution in [2.45, 2.75) is 32.1 Å². The molecular formula is C17H19N3O2S. The molecule has 3 rings (SSSR count). The molecule has 1 saturated carbocycles. The van der Waals surface area contributed by atoms with Crippen LogP contribution in [-0.2, 0) is 4.79 Å². The van der Waals surface area contributed by atoms with Crippen LogP contribution < -0.4 is 10.1 Å². The number of benzene rings is 1. The fourth-order valence-corrected chi connectivity index (χ4v) is 2.91. The van der Waals surface area contributed by atoms with Crippen LogP contribution >= 0.6 is 11.3 Å². The number of carbonyl (C=O) groups excluding carboxylic acids is 1. The molecule has 0 unspecified atom stereocenters. The second-order valence-electron chi connectivity index (χ2n) is 5.46. The lowest BCUT2D eigenvalue weighted by Crippen LogP contribution is -2.07. The van der Waals surface area contributed by atoms with E-state index in [0.717, 1.165) is 22.7 Å². The van der Waals surface area contributed by atoms with Crippen LogP contribution in [0.5, 0.6) is 5.75 Å². The van der Waals surface area contributed by atoms with Gasteiger partial charge in [-0.15, -0.1) is 10.2 Å². The molecule has 6 heteroatoms. The Hall–Kier alpha value is -2.21. The van der Waals surface area contributed by atoms with Crippen LogP contribution in [0.1, 0.15) is 42.7 Å². The molecule has 0 bridgehead atoms. The van der Waals surface area contributed by atoms with Gasteiger partial charge in [0.15, 0.2) is 0 Å². The molecular weight excluding hydrogens is 310 g/mol. The molecule has 2 aromatic rings. The lowest BCUT2D eigenvalue weighted by Gasteiger charge is -2.03. The maximum absolute atomic E-state index is 11.9. The maximum atomic E-state index is 11.9. The first-order chi connectivity index (χ1) is 11.2. The van der Waals surface area contributed by atoms with Crippen molar-refractivity contribution < 1.29 is 9.53 Å². The minimum atomic E-state index is -0.199. The van der Waals surface area contributed by atoms with Gasteiger partial charge in [0.1, 0.15) is 10.8 Å². The Bertz CT molecular complexity index is 690. The number of amides is 1. The van der Waals surface area contributed by atoms with Gasteiger partial charge in [0, 0.05) is 12.0 Å². The monoisotopic (exact) mass is 329 g/mol. The van der Waals surface area contributed by atoms with Gasteiger partial charge in [0.2, 0.25) is 11.0 Å². The number of ether oxygens (including phenoxy) is 1. The number of hydrogen-bond donors (Lipinski definition) is 1. The lowest BCUT2D eigenvalue weighted by atomic mass is 10.2. The lowest BCUT2D eigenvalue weighted by molar-refractivity contribution is -0.111. The quantitative estimate of drug-likeness (QED) is 0.784. The molecule has 1 fully saturated rings. The van der Waals surface area contributed by atoms with Gasteiger partial charge in [0.25, 0.3) is 0 Å². The Kier molecular flexibility index (Phi) is 5.02. The highest BCUT2D eigenvalue weighted by molar-refractivity contribution is 7.15. The summed E-state index contributed by atoms with van der Waals surface area (Å²) in [6.45, 7) is 2.78. The standard InChI is InChI=1S/C17H19N3O2S/c1-2-11-22-14-8-3-12(4-9-14)5-10-15(21)18-17-20-19-16(23-17)13-6-7-13/h3-5,8-10,13H,2,6-7,11H2,1H3,(H,18,20,21). The molecule has 1 aliphatic carbocycles. The third-order valence-electron chi connectivity index (χ3n) is 3.38. The number of carbonyl (C=O) groups is 1. The van der Waals surface area contributed by atoms with E-state index in [1.807, 2.05) is 24.3 Å². The number of anilines is 1. The largest absolute Gasteiger partial charge is 0.494 e. The molecule has 0 aliphatic heterocycles. The normalized spacial score (nSPS) is 14.1. The number of aromatic nitrogens is 2. The molecule has 120 valence electrons. The van der Waals surface area contributed by atoms with Crippen molar-refractivity contribution in [1.82, 2.24) is 10.2 Å². The van der Waals surface area contributed by atoms with Gasteiger partial charge < -0.3 is 4.74 Å². The first-order valence-corrected chi connectivity index (χ1v) is 8.61. The van der Waals surface area contributed by atoms with Crippen molar-refractivity contribution in [1.29, 1.82) is 0 Å². The van der Waals surface area contributed by atoms with Crippen LogP contribution in [0.4, 0.5) is 5.13 Å². The molecule has 1 aromatic heterocycles. The first-order valence-electron chi connectivity index (χ1n) is 7.80. The predicted octanol–water partition coefficient (Wildman–Crippen LogP) is 3.86. The van der Waals surface area contributed by atoms with Crippen molar-refractivity contribution >= 4 is 28.5 Å². The maximum Gasteiger partial charge on any atom is 0.250 e. The summed E-state index contributed by atoms with van der Waals surface area (Å²) in [6.07, 6.45) is 6.61. The second kappa shape index (κ2) is 7.37. The zero-order valence-corrected chi connectivity index (χ0v) is 13.8. The molecule has 0 saturated heterocycles. The Labute approximate surface area is 139 Å². The van der Waals surface area contributed by atoms with Gasteiger partial charge in [-0.3, -0.25) is 10.1 Å². The Balaban J connectivity index is 1.52. The molecule has 23 heavy (non-hydrogen) atoms. The fraction of sp³-hybridized carbons (Fsp3) is 0.353. The summed E-state index contributed by atoms with van der Waals surface area (Å²) < 4.78 is 5.52. The highest BCUT2D eigenvalue weighted by Gasteiger charge is 2.27. The Morgan fingerprint density at radius 1 is 1.35 bits per heavy atom. The third kappa shape index (κ3) is 4.63. The summed E-state index contributed by atoms with van der Waals surface area (Å²) in [5.41, 5.74) is 0.944. The van der Waals surface area contributed by atoms with Crippen LogP contribution in [0, 0.1) is 0 Å². The summed E-state index contributed by atoms with van der Waals surface area (Å²) >= 11 is 1.46. The van der Waals surface area contributed by atoms with Gasteiger partial charge in [-0.2, -0.15) is 0 Å². The Morgan fingerprint density at radius 3 is 2.83 bits per heavy atom. The SMILES string of the molecule is CCCOc1ccc(C=CC(=O)Nc2nnc(C3CC3)s2)cc1. The van der Waals surface area contributed by atoms with Crippen LogP contribution in [0.2, 0.25) is 0 Å². The van der Waals surface area contributed by atoms with Gasteiger partial charge in [-0.25, -0.2) is 0 Å². The van der Waals surface area contributed by atoms with E-state index in [4.69, 9.17) is 4.74 Å². The van der Waals surface area contributed by atoms with Gasteiger partial charge in [-0.05, 0) is 43.0 Å². The topological polar surface area (TPSA) is 64.1 Å². The average Bonchev–Trinajstić information content (AvgIpc) is 3.32. The third-order valence-corrected chi connectivity index (χ3v) is 4.38. The van der Waals surface area contributed by atoms with Crippen molar-refractivity contribution in [2.24, 2.45) is 0 Å². The van der Waals surface area contributed by atoms with E-state index in [2.05, 4.69) is 22.4 Å². The molecule has 0 spiro atoms. The van der Waals surface area contributed by atoms with E-state index < -0.39 is 0 Å². The van der Waals surface area contributed by atoms with Gasteiger partial charge in [-0.1, -0.05) is 30.4 Å². The summed E-state index contributed by atoms with van der Waals surface area (Å²) in [4.78, 5) is 11.9. The van der Waals surface area contributed by atoms with E-state index in [1.165, 1.54) is 30.3 Å². The highest BCUT2D eigenvalue weighted by atomic mass is 32.1. The fourth-order valence-electron chi connectivity index (χ4n) is 1.99. The van der Waals surface area contributed by atoms with Crippen LogP contribution in [0.3, 0.4) is 0 Å². The van der Waals surface area contributed by atoms with Gasteiger partial charge in [0.05, 0.1) is 6.61 Å². The summed E-state index contributed by atoms with van der Waals surface area (Å²) in [5.74, 6) is 1.20. The minimum absolute atomic E-state index is 0.199. The molecule has 0 radical (unpaired) electrons. The van der Waals surface area contributed by atoms with Crippen molar-refractivity contribution in [2.75, 3.05) is 11.9 Å². The van der Waals surface area contributed by atoms with Crippen molar-refractivity contribution in [3.8, 4) is 5.75 Å². The molecule has 1 N–H and O–H groups in total.